The van der Waals surface area contributed by atoms with Gasteiger partial charge in [-0.25, -0.2) is 9.98 Å². The summed E-state index contributed by atoms with van der Waals surface area (Å²) in [6.45, 7) is 2.28. The fraction of sp³-hybridized carbons (Fsp3) is 0.500. The van der Waals surface area contributed by atoms with Gasteiger partial charge in [0.25, 0.3) is 0 Å². The highest BCUT2D eigenvalue weighted by molar-refractivity contribution is 5.96. The van der Waals surface area contributed by atoms with Gasteiger partial charge in [0.15, 0.2) is 11.3 Å². The molecule has 0 atom stereocenters. The maximum atomic E-state index is 12.7. The standard InChI is InChI=1S/C34H44N2O2/c1-2-3-4-5-6-7-8-9-10-11-12-13-14-15-16-25-33(37)35-30-26-32-34(28-22-18-17-21-27(28)30)36-29-23-19-20-24-31(29)38-32/h17-24,26H,2-16,25H2,1H3. The summed E-state index contributed by atoms with van der Waals surface area (Å²) in [6, 6.07) is 17.6. The third-order valence-electron chi connectivity index (χ3n) is 7.52. The van der Waals surface area contributed by atoms with Crippen LogP contribution < -0.4 is 5.36 Å². The molecule has 0 unspecified atom stereocenters. The Morgan fingerprint density at radius 1 is 0.711 bits per heavy atom. The van der Waals surface area contributed by atoms with Gasteiger partial charge in [-0.2, -0.15) is 0 Å². The molecule has 0 saturated carbocycles. The summed E-state index contributed by atoms with van der Waals surface area (Å²) in [6.07, 6.45) is 20.3. The van der Waals surface area contributed by atoms with Crippen molar-refractivity contribution < 1.29 is 9.21 Å². The number of para-hydroxylation sites is 2. The van der Waals surface area contributed by atoms with Crippen molar-refractivity contribution >= 4 is 27.8 Å². The Morgan fingerprint density at radius 2 is 1.26 bits per heavy atom. The molecule has 0 fully saturated rings. The second kappa shape index (κ2) is 15.4. The molecule has 1 heterocycles. The number of benzene rings is 3. The lowest BCUT2D eigenvalue weighted by molar-refractivity contribution is -0.118. The molecule has 202 valence electrons. The quantitative estimate of drug-likeness (QED) is 0.0852. The largest absolute Gasteiger partial charge is 0.453 e. The summed E-state index contributed by atoms with van der Waals surface area (Å²) in [5.74, 6) is 0.596. The molecule has 1 aliphatic heterocycles. The Hall–Kier alpha value is -3.01. The average molecular weight is 513 g/mol. The second-order valence-electron chi connectivity index (χ2n) is 10.7. The highest BCUT2D eigenvalue weighted by atomic mass is 16.3. The van der Waals surface area contributed by atoms with Gasteiger partial charge in [0.2, 0.25) is 5.91 Å². The molecule has 0 saturated heterocycles. The Kier molecular flexibility index (Phi) is 11.4. The summed E-state index contributed by atoms with van der Waals surface area (Å²) >= 11 is 0. The molecule has 1 amide bonds. The molecule has 0 N–H and O–H groups in total. The van der Waals surface area contributed by atoms with Gasteiger partial charge in [-0.15, -0.1) is 0 Å². The van der Waals surface area contributed by atoms with Gasteiger partial charge in [0.05, 0.1) is 5.36 Å². The molecule has 4 rings (SSSR count). The molecule has 4 nitrogen and oxygen atoms in total. The van der Waals surface area contributed by atoms with E-state index in [1.165, 1.54) is 83.5 Å². The van der Waals surface area contributed by atoms with E-state index < -0.39 is 0 Å². The molecule has 2 aliphatic rings. The highest BCUT2D eigenvalue weighted by Crippen LogP contribution is 2.29. The van der Waals surface area contributed by atoms with E-state index in [9.17, 15) is 4.79 Å². The maximum Gasteiger partial charge on any atom is 0.246 e. The van der Waals surface area contributed by atoms with Crippen LogP contribution in [0.4, 0.5) is 0 Å². The number of aromatic nitrogens is 1. The van der Waals surface area contributed by atoms with Gasteiger partial charge < -0.3 is 4.42 Å². The number of nitrogens with zero attached hydrogens (tertiary/aromatic N) is 2. The minimum absolute atomic E-state index is 0.0575. The SMILES string of the molecule is CCCCCCCCCCCCCCCCCC(=O)N=c1cc2oc3ccccc3nc-2c2ccccc12. The van der Waals surface area contributed by atoms with E-state index in [-0.39, 0.29) is 5.91 Å². The minimum Gasteiger partial charge on any atom is -0.453 e. The van der Waals surface area contributed by atoms with Gasteiger partial charge >= 0.3 is 0 Å². The van der Waals surface area contributed by atoms with Crippen LogP contribution >= 0.6 is 0 Å². The zero-order chi connectivity index (χ0) is 26.4. The van der Waals surface area contributed by atoms with E-state index in [0.29, 0.717) is 17.5 Å². The second-order valence-corrected chi connectivity index (χ2v) is 10.7. The normalized spacial score (nSPS) is 12.2. The molecule has 0 radical (unpaired) electrons. The predicted octanol–water partition coefficient (Wildman–Crippen LogP) is 9.77. The lowest BCUT2D eigenvalue weighted by Gasteiger charge is -2.10. The minimum atomic E-state index is -0.0575. The molecular formula is C34H44N2O2. The number of hydrogen-bond acceptors (Lipinski definition) is 3. The predicted molar refractivity (Wildman–Crippen MR) is 158 cm³/mol. The van der Waals surface area contributed by atoms with Crippen molar-refractivity contribution in [3.63, 3.8) is 0 Å². The van der Waals surface area contributed by atoms with Crippen molar-refractivity contribution in [2.24, 2.45) is 4.99 Å². The van der Waals surface area contributed by atoms with Crippen molar-refractivity contribution in [1.82, 2.24) is 4.98 Å². The van der Waals surface area contributed by atoms with Crippen molar-refractivity contribution in [3.05, 3.63) is 60.0 Å². The molecule has 2 aromatic carbocycles. The van der Waals surface area contributed by atoms with E-state index in [2.05, 4.69) is 11.9 Å². The topological polar surface area (TPSA) is 55.5 Å². The zero-order valence-electron chi connectivity index (χ0n) is 23.2. The van der Waals surface area contributed by atoms with Crippen LogP contribution in [0.15, 0.2) is 64.0 Å². The Labute approximate surface area is 227 Å². The lowest BCUT2D eigenvalue weighted by atomic mass is 10.0. The van der Waals surface area contributed by atoms with Crippen LogP contribution in [-0.2, 0) is 4.79 Å². The summed E-state index contributed by atoms with van der Waals surface area (Å²) in [5.41, 5.74) is 2.34. The molecule has 0 spiro atoms. The number of rotatable bonds is 16. The first-order valence-corrected chi connectivity index (χ1v) is 15.0. The van der Waals surface area contributed by atoms with Gasteiger partial charge in [-0.1, -0.05) is 133 Å². The number of hydrogen-bond donors (Lipinski definition) is 0. The molecule has 0 aromatic heterocycles. The molecule has 4 heteroatoms. The number of carbonyl (C=O) groups excluding carboxylic acids is 1. The number of amides is 1. The van der Waals surface area contributed by atoms with Gasteiger partial charge in [-0.05, 0) is 18.6 Å². The van der Waals surface area contributed by atoms with Crippen LogP contribution in [0.25, 0.3) is 33.3 Å². The van der Waals surface area contributed by atoms with Crippen molar-refractivity contribution in [2.75, 3.05) is 0 Å². The fourth-order valence-electron chi connectivity index (χ4n) is 5.31. The van der Waals surface area contributed by atoms with E-state index in [1.807, 2.05) is 54.6 Å². The number of carbonyl (C=O) groups is 1. The van der Waals surface area contributed by atoms with Gasteiger partial charge in [-0.3, -0.25) is 4.79 Å². The Balaban J connectivity index is 1.20. The molecule has 0 bridgehead atoms. The van der Waals surface area contributed by atoms with E-state index in [0.717, 1.165) is 40.4 Å². The fourth-order valence-corrected chi connectivity index (χ4v) is 5.31. The highest BCUT2D eigenvalue weighted by Gasteiger charge is 2.15. The molecular weight excluding hydrogens is 468 g/mol. The molecule has 2 aromatic rings. The summed E-state index contributed by atoms with van der Waals surface area (Å²) in [4.78, 5) is 22.0. The molecule has 38 heavy (non-hydrogen) atoms. The first-order valence-electron chi connectivity index (χ1n) is 15.0. The van der Waals surface area contributed by atoms with Crippen molar-refractivity contribution in [3.8, 4) is 11.5 Å². The van der Waals surface area contributed by atoms with E-state index >= 15 is 0 Å². The third-order valence-corrected chi connectivity index (χ3v) is 7.52. The van der Waals surface area contributed by atoms with E-state index in [4.69, 9.17) is 9.40 Å². The third kappa shape index (κ3) is 8.24. The van der Waals surface area contributed by atoms with Crippen molar-refractivity contribution in [1.29, 1.82) is 0 Å². The van der Waals surface area contributed by atoms with Crippen LogP contribution in [-0.4, -0.2) is 10.9 Å². The average Bonchev–Trinajstić information content (AvgIpc) is 2.94. The van der Waals surface area contributed by atoms with Crippen LogP contribution in [0.3, 0.4) is 0 Å². The van der Waals surface area contributed by atoms with Gasteiger partial charge in [0, 0.05) is 23.3 Å². The number of fused-ring (bicyclic) bond motifs is 4. The van der Waals surface area contributed by atoms with Crippen LogP contribution in [0.1, 0.15) is 110 Å². The monoisotopic (exact) mass is 512 g/mol. The van der Waals surface area contributed by atoms with Crippen LogP contribution in [0.2, 0.25) is 0 Å². The first kappa shape index (κ1) is 28.0. The Bertz CT molecular complexity index is 1320. The van der Waals surface area contributed by atoms with Gasteiger partial charge in [0.1, 0.15) is 11.2 Å². The summed E-state index contributed by atoms with van der Waals surface area (Å²) < 4.78 is 6.13. The lowest BCUT2D eigenvalue weighted by Crippen LogP contribution is -2.10. The summed E-state index contributed by atoms with van der Waals surface area (Å²) in [7, 11) is 0. The smallest absolute Gasteiger partial charge is 0.246 e. The summed E-state index contributed by atoms with van der Waals surface area (Å²) in [5, 5.41) is 2.56. The Morgan fingerprint density at radius 3 is 1.92 bits per heavy atom. The van der Waals surface area contributed by atoms with E-state index in [1.54, 1.807) is 0 Å². The maximum absolute atomic E-state index is 12.7. The molecule has 1 aliphatic carbocycles. The van der Waals surface area contributed by atoms with Crippen molar-refractivity contribution in [2.45, 2.75) is 110 Å². The van der Waals surface area contributed by atoms with Crippen LogP contribution in [0, 0.1) is 0 Å². The van der Waals surface area contributed by atoms with Crippen LogP contribution in [0.5, 0.6) is 0 Å². The first-order chi connectivity index (χ1) is 18.8. The zero-order valence-corrected chi connectivity index (χ0v) is 23.2. The number of unbranched alkanes of at least 4 members (excludes halogenated alkanes) is 14.